The first kappa shape index (κ1) is 17.5. The molecule has 6 heteroatoms. The third-order valence-electron chi connectivity index (χ3n) is 4.72. The van der Waals surface area contributed by atoms with Crippen LogP contribution >= 0.6 is 0 Å². The van der Waals surface area contributed by atoms with Gasteiger partial charge in [-0.3, -0.25) is 14.3 Å². The number of hydrogen-bond donors (Lipinski definition) is 1. The van der Waals surface area contributed by atoms with Crippen molar-refractivity contribution < 1.29 is 14.7 Å². The average Bonchev–Trinajstić information content (AvgIpc) is 3.03. The van der Waals surface area contributed by atoms with Crippen molar-refractivity contribution in [3.05, 3.63) is 18.0 Å². The zero-order valence-corrected chi connectivity index (χ0v) is 14.1. The molecule has 1 aliphatic heterocycles. The van der Waals surface area contributed by atoms with Gasteiger partial charge in [-0.25, -0.2) is 0 Å². The van der Waals surface area contributed by atoms with E-state index in [1.165, 1.54) is 0 Å². The topological polar surface area (TPSA) is 75.4 Å². The van der Waals surface area contributed by atoms with Crippen LogP contribution in [0.15, 0.2) is 12.3 Å². The maximum absolute atomic E-state index is 12.6. The molecule has 6 nitrogen and oxygen atoms in total. The average molecular weight is 321 g/mol. The van der Waals surface area contributed by atoms with Crippen LogP contribution in [-0.4, -0.2) is 44.8 Å². The molecule has 1 aliphatic rings. The summed E-state index contributed by atoms with van der Waals surface area (Å²) in [4.78, 5) is 25.2. The molecule has 1 unspecified atom stereocenters. The first-order valence-corrected chi connectivity index (χ1v) is 8.61. The molecular formula is C17H27N3O3. The summed E-state index contributed by atoms with van der Waals surface area (Å²) in [6, 6.07) is 2.13. The summed E-state index contributed by atoms with van der Waals surface area (Å²) in [5.41, 5.74) is 0.496. The Balaban J connectivity index is 1.98. The molecule has 0 aromatic carbocycles. The largest absolute Gasteiger partial charge is 0.481 e. The van der Waals surface area contributed by atoms with E-state index in [1.54, 1.807) is 6.07 Å². The fraction of sp³-hybridized carbons (Fsp3) is 0.706. The van der Waals surface area contributed by atoms with Gasteiger partial charge >= 0.3 is 5.97 Å². The van der Waals surface area contributed by atoms with Crippen molar-refractivity contribution in [3.8, 4) is 0 Å². The van der Waals surface area contributed by atoms with E-state index in [0.29, 0.717) is 24.7 Å². The molecule has 1 N–H and O–H groups in total. The number of carbonyl (C=O) groups excluding carboxylic acids is 1. The molecule has 0 saturated carbocycles. The summed E-state index contributed by atoms with van der Waals surface area (Å²) in [6.07, 6.45) is 6.62. The number of rotatable bonds is 7. The Hall–Kier alpha value is -1.85. The number of likely N-dealkylation sites (tertiary alicyclic amines) is 1. The fourth-order valence-electron chi connectivity index (χ4n) is 3.29. The zero-order valence-electron chi connectivity index (χ0n) is 14.1. The Labute approximate surface area is 137 Å². The summed E-state index contributed by atoms with van der Waals surface area (Å²) >= 11 is 0. The summed E-state index contributed by atoms with van der Waals surface area (Å²) in [5, 5.41) is 13.3. The lowest BCUT2D eigenvalue weighted by Gasteiger charge is -2.32. The van der Waals surface area contributed by atoms with Gasteiger partial charge in [0.05, 0.1) is 6.04 Å². The van der Waals surface area contributed by atoms with Gasteiger partial charge in [-0.1, -0.05) is 13.8 Å². The fourth-order valence-corrected chi connectivity index (χ4v) is 3.29. The molecule has 1 fully saturated rings. The minimum atomic E-state index is -0.766. The minimum Gasteiger partial charge on any atom is -0.481 e. The van der Waals surface area contributed by atoms with E-state index in [-0.39, 0.29) is 18.2 Å². The van der Waals surface area contributed by atoms with Crippen molar-refractivity contribution in [3.63, 3.8) is 0 Å². The van der Waals surface area contributed by atoms with Gasteiger partial charge in [0.25, 0.3) is 5.91 Å². The molecule has 0 bridgehead atoms. The highest BCUT2D eigenvalue weighted by Gasteiger charge is 2.26. The van der Waals surface area contributed by atoms with Crippen molar-refractivity contribution in [2.45, 2.75) is 58.4 Å². The predicted octanol–water partition coefficient (Wildman–Crippen LogP) is 2.96. The Morgan fingerprint density at radius 1 is 1.39 bits per heavy atom. The highest BCUT2D eigenvalue weighted by atomic mass is 16.4. The molecule has 0 radical (unpaired) electrons. The number of piperidine rings is 1. The molecular weight excluding hydrogens is 294 g/mol. The number of aromatic nitrogens is 2. The molecule has 0 aliphatic carbocycles. The predicted molar refractivity (Wildman–Crippen MR) is 87.3 cm³/mol. The SMILES string of the molecule is CCC(CC)n1ccc(C(=O)N2CCCC(CCC(=O)O)C2)n1. The molecule has 1 aromatic rings. The molecule has 23 heavy (non-hydrogen) atoms. The maximum Gasteiger partial charge on any atom is 0.303 e. The smallest absolute Gasteiger partial charge is 0.303 e. The Bertz CT molecular complexity index is 537. The highest BCUT2D eigenvalue weighted by molar-refractivity contribution is 5.92. The first-order valence-electron chi connectivity index (χ1n) is 8.61. The molecule has 1 saturated heterocycles. The van der Waals surface area contributed by atoms with E-state index >= 15 is 0 Å². The molecule has 2 rings (SSSR count). The number of nitrogens with zero attached hydrogens (tertiary/aromatic N) is 3. The van der Waals surface area contributed by atoms with Crippen molar-refractivity contribution in [1.29, 1.82) is 0 Å². The van der Waals surface area contributed by atoms with Crippen LogP contribution < -0.4 is 0 Å². The van der Waals surface area contributed by atoms with Crippen LogP contribution in [0.25, 0.3) is 0 Å². The maximum atomic E-state index is 12.6. The van der Waals surface area contributed by atoms with Gasteiger partial charge in [-0.2, -0.15) is 5.10 Å². The van der Waals surface area contributed by atoms with Gasteiger partial charge in [0, 0.05) is 25.7 Å². The molecule has 0 spiro atoms. The molecule has 1 aromatic heterocycles. The molecule has 128 valence electrons. The number of carboxylic acid groups (broad SMARTS) is 1. The van der Waals surface area contributed by atoms with E-state index in [0.717, 1.165) is 32.2 Å². The van der Waals surface area contributed by atoms with Gasteiger partial charge < -0.3 is 10.0 Å². The van der Waals surface area contributed by atoms with Crippen LogP contribution in [0.4, 0.5) is 0 Å². The lowest BCUT2D eigenvalue weighted by atomic mass is 9.93. The number of amides is 1. The third kappa shape index (κ3) is 4.56. The van der Waals surface area contributed by atoms with Crippen LogP contribution in [0.2, 0.25) is 0 Å². The lowest BCUT2D eigenvalue weighted by Crippen LogP contribution is -2.40. The Morgan fingerprint density at radius 2 is 2.13 bits per heavy atom. The molecule has 1 atom stereocenters. The molecule has 1 amide bonds. The first-order chi connectivity index (χ1) is 11.0. The summed E-state index contributed by atoms with van der Waals surface area (Å²) in [6.45, 7) is 5.62. The van der Waals surface area contributed by atoms with Crippen LogP contribution in [0, 0.1) is 5.92 Å². The van der Waals surface area contributed by atoms with Crippen molar-refractivity contribution in [1.82, 2.24) is 14.7 Å². The number of carboxylic acids is 1. The highest BCUT2D eigenvalue weighted by Crippen LogP contribution is 2.22. The van der Waals surface area contributed by atoms with Gasteiger partial charge in [0.1, 0.15) is 5.69 Å². The summed E-state index contributed by atoms with van der Waals surface area (Å²) in [7, 11) is 0. The Morgan fingerprint density at radius 3 is 2.78 bits per heavy atom. The van der Waals surface area contributed by atoms with Crippen LogP contribution in [0.1, 0.15) is 68.9 Å². The number of hydrogen-bond acceptors (Lipinski definition) is 3. The monoisotopic (exact) mass is 321 g/mol. The van der Waals surface area contributed by atoms with E-state index in [9.17, 15) is 9.59 Å². The van der Waals surface area contributed by atoms with Gasteiger partial charge in [-0.05, 0) is 44.1 Å². The van der Waals surface area contributed by atoms with Gasteiger partial charge in [-0.15, -0.1) is 0 Å². The lowest BCUT2D eigenvalue weighted by molar-refractivity contribution is -0.137. The standard InChI is InChI=1S/C17H27N3O3/c1-3-14(4-2)20-11-9-15(18-20)17(23)19-10-5-6-13(12-19)7-8-16(21)22/h9,11,13-14H,3-8,10,12H2,1-2H3,(H,21,22). The second-order valence-electron chi connectivity index (χ2n) is 6.34. The molecule has 2 heterocycles. The van der Waals surface area contributed by atoms with Crippen LogP contribution in [0.5, 0.6) is 0 Å². The van der Waals surface area contributed by atoms with E-state index < -0.39 is 5.97 Å². The van der Waals surface area contributed by atoms with E-state index in [1.807, 2.05) is 15.8 Å². The minimum absolute atomic E-state index is 0.0327. The summed E-state index contributed by atoms with van der Waals surface area (Å²) in [5.74, 6) is -0.517. The van der Waals surface area contributed by atoms with Gasteiger partial charge in [0.2, 0.25) is 0 Å². The van der Waals surface area contributed by atoms with Gasteiger partial charge in [0.15, 0.2) is 0 Å². The van der Waals surface area contributed by atoms with Crippen molar-refractivity contribution in [2.75, 3.05) is 13.1 Å². The second kappa shape index (κ2) is 8.13. The quantitative estimate of drug-likeness (QED) is 0.837. The van der Waals surface area contributed by atoms with Crippen molar-refractivity contribution in [2.24, 2.45) is 5.92 Å². The van der Waals surface area contributed by atoms with Crippen LogP contribution in [0.3, 0.4) is 0 Å². The Kier molecular flexibility index (Phi) is 6.19. The van der Waals surface area contributed by atoms with Crippen LogP contribution in [-0.2, 0) is 4.79 Å². The zero-order chi connectivity index (χ0) is 16.8. The normalized spacial score (nSPS) is 18.4. The summed E-state index contributed by atoms with van der Waals surface area (Å²) < 4.78 is 1.89. The van der Waals surface area contributed by atoms with E-state index in [4.69, 9.17) is 5.11 Å². The number of aliphatic carboxylic acids is 1. The third-order valence-corrected chi connectivity index (χ3v) is 4.72. The van der Waals surface area contributed by atoms with E-state index in [2.05, 4.69) is 18.9 Å². The second-order valence-corrected chi connectivity index (χ2v) is 6.34. The number of carbonyl (C=O) groups is 2. The van der Waals surface area contributed by atoms with Crippen molar-refractivity contribution >= 4 is 11.9 Å².